The topological polar surface area (TPSA) is 97.1 Å². The summed E-state index contributed by atoms with van der Waals surface area (Å²) >= 11 is 0. The number of hydrogen-bond acceptors (Lipinski definition) is 4. The fraction of sp³-hybridized carbons (Fsp3) is 0.588. The molecule has 4 N–H and O–H groups in total. The highest BCUT2D eigenvalue weighted by molar-refractivity contribution is 5.95. The van der Waals surface area contributed by atoms with E-state index in [1.165, 1.54) is 0 Å². The van der Waals surface area contributed by atoms with Gasteiger partial charge in [0.25, 0.3) is 0 Å². The van der Waals surface area contributed by atoms with E-state index >= 15 is 0 Å². The molecule has 0 radical (unpaired) electrons. The molecule has 0 spiro atoms. The van der Waals surface area contributed by atoms with Crippen LogP contribution in [0.3, 0.4) is 0 Å². The second-order valence-corrected chi connectivity index (χ2v) is 7.12. The summed E-state index contributed by atoms with van der Waals surface area (Å²) in [6.45, 7) is 0. The van der Waals surface area contributed by atoms with Crippen LogP contribution in [0.25, 0.3) is 0 Å². The first-order chi connectivity index (χ1) is 11.1. The van der Waals surface area contributed by atoms with Gasteiger partial charge in [0.1, 0.15) is 5.82 Å². The van der Waals surface area contributed by atoms with Crippen molar-refractivity contribution in [2.45, 2.75) is 38.1 Å². The average molecular weight is 387 g/mol. The molecular weight excluding hydrogens is 363 g/mol. The van der Waals surface area contributed by atoms with Crippen LogP contribution in [0.15, 0.2) is 18.3 Å². The molecule has 25 heavy (non-hydrogen) atoms. The molecule has 1 aromatic rings. The van der Waals surface area contributed by atoms with Crippen LogP contribution in [0.4, 0.5) is 11.5 Å². The Balaban J connectivity index is 0.00000113. The summed E-state index contributed by atoms with van der Waals surface area (Å²) in [6, 6.07) is 3.47. The van der Waals surface area contributed by atoms with E-state index in [0.29, 0.717) is 23.3 Å². The minimum atomic E-state index is -0.0806. The lowest BCUT2D eigenvalue weighted by Crippen LogP contribution is -2.42. The van der Waals surface area contributed by atoms with Gasteiger partial charge in [0, 0.05) is 12.0 Å². The first kappa shape index (κ1) is 19.9. The molecule has 4 atom stereocenters. The van der Waals surface area contributed by atoms with Gasteiger partial charge in [-0.1, -0.05) is 0 Å². The number of nitrogens with zero attached hydrogens (tertiary/aromatic N) is 1. The predicted molar refractivity (Wildman–Crippen MR) is 101 cm³/mol. The molecule has 138 valence electrons. The second kappa shape index (κ2) is 7.89. The minimum absolute atomic E-state index is 0. The van der Waals surface area contributed by atoms with Crippen LogP contribution >= 0.6 is 24.8 Å². The van der Waals surface area contributed by atoms with Crippen LogP contribution in [0.1, 0.15) is 32.1 Å². The predicted octanol–water partition coefficient (Wildman–Crippen LogP) is 2.59. The number of aromatic nitrogens is 1. The Labute approximate surface area is 159 Å². The highest BCUT2D eigenvalue weighted by Gasteiger charge is 2.49. The SMILES string of the molecule is Cl.Cl.NC1C2CCC(C2)C1C(=O)Nc1ccc(NC(=O)C2CC2)nc1. The molecule has 2 amide bonds. The van der Waals surface area contributed by atoms with Gasteiger partial charge in [0.15, 0.2) is 0 Å². The van der Waals surface area contributed by atoms with Crippen LogP contribution in [-0.2, 0) is 9.59 Å². The summed E-state index contributed by atoms with van der Waals surface area (Å²) in [5.74, 6) is 1.56. The van der Waals surface area contributed by atoms with Gasteiger partial charge in [0.05, 0.1) is 17.8 Å². The third kappa shape index (κ3) is 4.07. The van der Waals surface area contributed by atoms with E-state index in [2.05, 4.69) is 15.6 Å². The summed E-state index contributed by atoms with van der Waals surface area (Å²) in [7, 11) is 0. The van der Waals surface area contributed by atoms with Gasteiger partial charge in [-0.15, -0.1) is 24.8 Å². The van der Waals surface area contributed by atoms with Crippen molar-refractivity contribution >= 4 is 48.1 Å². The Morgan fingerprint density at radius 1 is 1.00 bits per heavy atom. The Morgan fingerprint density at radius 2 is 1.72 bits per heavy atom. The Bertz CT molecular complexity index is 634. The second-order valence-electron chi connectivity index (χ2n) is 7.12. The van der Waals surface area contributed by atoms with Crippen LogP contribution in [0.5, 0.6) is 0 Å². The van der Waals surface area contributed by atoms with Crippen molar-refractivity contribution in [3.63, 3.8) is 0 Å². The van der Waals surface area contributed by atoms with E-state index in [0.717, 1.165) is 32.1 Å². The van der Waals surface area contributed by atoms with E-state index < -0.39 is 0 Å². The molecule has 3 saturated carbocycles. The van der Waals surface area contributed by atoms with Crippen molar-refractivity contribution in [1.82, 2.24) is 4.98 Å². The largest absolute Gasteiger partial charge is 0.327 e. The van der Waals surface area contributed by atoms with Gasteiger partial charge in [-0.2, -0.15) is 0 Å². The maximum atomic E-state index is 12.5. The van der Waals surface area contributed by atoms with Gasteiger partial charge >= 0.3 is 0 Å². The lowest BCUT2D eigenvalue weighted by atomic mass is 9.84. The number of nitrogens with two attached hydrogens (primary N) is 1. The van der Waals surface area contributed by atoms with Gasteiger partial charge in [0.2, 0.25) is 11.8 Å². The molecule has 0 aliphatic heterocycles. The van der Waals surface area contributed by atoms with Crippen molar-refractivity contribution in [2.75, 3.05) is 10.6 Å². The van der Waals surface area contributed by atoms with E-state index in [1.807, 2.05) is 0 Å². The summed E-state index contributed by atoms with van der Waals surface area (Å²) in [5, 5.41) is 5.71. The fourth-order valence-electron chi connectivity index (χ4n) is 4.07. The zero-order valence-corrected chi connectivity index (χ0v) is 15.4. The quantitative estimate of drug-likeness (QED) is 0.740. The Morgan fingerprint density at radius 3 is 2.28 bits per heavy atom. The number of rotatable bonds is 4. The van der Waals surface area contributed by atoms with Crippen molar-refractivity contribution in [3.8, 4) is 0 Å². The molecule has 0 aromatic carbocycles. The monoisotopic (exact) mass is 386 g/mol. The maximum absolute atomic E-state index is 12.5. The molecule has 4 rings (SSSR count). The van der Waals surface area contributed by atoms with Crippen LogP contribution < -0.4 is 16.4 Å². The smallest absolute Gasteiger partial charge is 0.229 e. The van der Waals surface area contributed by atoms with E-state index in [4.69, 9.17) is 5.73 Å². The molecule has 0 saturated heterocycles. The molecule has 2 bridgehead atoms. The molecule has 4 unspecified atom stereocenters. The lowest BCUT2D eigenvalue weighted by Gasteiger charge is -2.26. The summed E-state index contributed by atoms with van der Waals surface area (Å²) < 4.78 is 0. The normalized spacial score (nSPS) is 29.3. The zero-order chi connectivity index (χ0) is 16.0. The number of anilines is 2. The van der Waals surface area contributed by atoms with Gasteiger partial charge in [-0.25, -0.2) is 4.98 Å². The molecule has 3 aliphatic carbocycles. The third-order valence-electron chi connectivity index (χ3n) is 5.51. The van der Waals surface area contributed by atoms with Crippen molar-refractivity contribution in [1.29, 1.82) is 0 Å². The van der Waals surface area contributed by atoms with E-state index in [-0.39, 0.29) is 54.5 Å². The first-order valence-electron chi connectivity index (χ1n) is 8.45. The summed E-state index contributed by atoms with van der Waals surface area (Å²) in [4.78, 5) is 28.4. The van der Waals surface area contributed by atoms with Gasteiger partial charge in [-0.05, 0) is 56.1 Å². The molecule has 3 fully saturated rings. The summed E-state index contributed by atoms with van der Waals surface area (Å²) in [6.07, 6.45) is 6.86. The molecular formula is C17H24Cl2N4O2. The first-order valence-corrected chi connectivity index (χ1v) is 8.45. The molecule has 1 aromatic heterocycles. The fourth-order valence-corrected chi connectivity index (χ4v) is 4.07. The maximum Gasteiger partial charge on any atom is 0.229 e. The van der Waals surface area contributed by atoms with Crippen molar-refractivity contribution in [2.24, 2.45) is 29.4 Å². The molecule has 6 nitrogen and oxygen atoms in total. The number of carbonyl (C=O) groups excluding carboxylic acids is 2. The molecule has 3 aliphatic rings. The van der Waals surface area contributed by atoms with Crippen LogP contribution in [0.2, 0.25) is 0 Å². The highest BCUT2D eigenvalue weighted by atomic mass is 35.5. The molecule has 1 heterocycles. The zero-order valence-electron chi connectivity index (χ0n) is 13.8. The lowest BCUT2D eigenvalue weighted by molar-refractivity contribution is -0.121. The van der Waals surface area contributed by atoms with E-state index in [9.17, 15) is 9.59 Å². The number of carbonyl (C=O) groups is 2. The number of nitrogens with one attached hydrogen (secondary N) is 2. The van der Waals surface area contributed by atoms with Crippen molar-refractivity contribution < 1.29 is 9.59 Å². The standard InChI is InChI=1S/C17H22N4O2.2ClH/c18-15-11-4-3-10(7-11)14(15)17(23)20-12-5-6-13(19-8-12)21-16(22)9-1-2-9;;/h5-6,8-11,14-15H,1-4,7,18H2,(H,20,23)(H,19,21,22);2*1H. The number of amides is 2. The Kier molecular flexibility index (Phi) is 6.30. The number of halogens is 2. The third-order valence-corrected chi connectivity index (χ3v) is 5.51. The number of pyridine rings is 1. The van der Waals surface area contributed by atoms with Crippen LogP contribution in [-0.4, -0.2) is 22.8 Å². The highest BCUT2D eigenvalue weighted by Crippen LogP contribution is 2.47. The minimum Gasteiger partial charge on any atom is -0.327 e. The number of fused-ring (bicyclic) bond motifs is 2. The van der Waals surface area contributed by atoms with Gasteiger partial charge < -0.3 is 16.4 Å². The number of hydrogen-bond donors (Lipinski definition) is 3. The average Bonchev–Trinajstić information content (AvgIpc) is 3.21. The van der Waals surface area contributed by atoms with E-state index in [1.54, 1.807) is 18.3 Å². The van der Waals surface area contributed by atoms with Crippen LogP contribution in [0, 0.1) is 23.7 Å². The Hall–Kier alpha value is -1.37. The van der Waals surface area contributed by atoms with Gasteiger partial charge in [-0.3, -0.25) is 9.59 Å². The van der Waals surface area contributed by atoms with Crippen molar-refractivity contribution in [3.05, 3.63) is 18.3 Å². The molecule has 8 heteroatoms. The summed E-state index contributed by atoms with van der Waals surface area (Å²) in [5.41, 5.74) is 6.86.